The van der Waals surface area contributed by atoms with E-state index in [2.05, 4.69) is 5.32 Å². The van der Waals surface area contributed by atoms with E-state index in [0.29, 0.717) is 60.5 Å². The smallest absolute Gasteiger partial charge is 0.284 e. The van der Waals surface area contributed by atoms with Crippen molar-refractivity contribution in [3.8, 4) is 0 Å². The van der Waals surface area contributed by atoms with E-state index in [1.807, 2.05) is 0 Å². The molecule has 1 N–H and O–H groups in total. The molecule has 0 saturated carbocycles. The molecule has 0 unspecified atom stereocenters. The number of unbranched alkanes of at least 4 members (excludes halogenated alkanes) is 1. The van der Waals surface area contributed by atoms with Crippen LogP contribution in [0.2, 0.25) is 0 Å². The molecule has 2 aromatic rings. The highest BCUT2D eigenvalue weighted by Gasteiger charge is 2.34. The number of hydrogen-bond donors (Lipinski definition) is 1. The van der Waals surface area contributed by atoms with Gasteiger partial charge in [0.15, 0.2) is 0 Å². The Morgan fingerprint density at radius 1 is 1.00 bits per heavy atom. The number of amides is 2. The molecule has 0 aliphatic carbocycles. The average molecular weight is 394 g/mol. The minimum atomic E-state index is -2.40. The van der Waals surface area contributed by atoms with Gasteiger partial charge in [-0.2, -0.15) is 8.78 Å². The Balaban J connectivity index is 1.34. The van der Waals surface area contributed by atoms with Crippen LogP contribution in [0.15, 0.2) is 40.8 Å². The summed E-state index contributed by atoms with van der Waals surface area (Å²) in [5, 5.41) is 3.21. The Hall–Kier alpha value is -2.19. The molecule has 1 aliphatic heterocycles. The van der Waals surface area contributed by atoms with Gasteiger partial charge in [-0.15, -0.1) is 0 Å². The van der Waals surface area contributed by atoms with Gasteiger partial charge < -0.3 is 9.73 Å². The van der Waals surface area contributed by atoms with Crippen molar-refractivity contribution < 1.29 is 22.8 Å². The molecule has 1 aromatic carbocycles. The molecule has 2 amide bonds. The molecular formula is C19H20F2N2O3S. The third-order valence-corrected chi connectivity index (χ3v) is 4.93. The lowest BCUT2D eigenvalue weighted by Crippen LogP contribution is -2.31. The van der Waals surface area contributed by atoms with Crippen molar-refractivity contribution in [1.29, 1.82) is 0 Å². The van der Waals surface area contributed by atoms with Gasteiger partial charge in [0.25, 0.3) is 17.6 Å². The zero-order valence-electron chi connectivity index (χ0n) is 14.6. The predicted molar refractivity (Wildman–Crippen MR) is 98.8 cm³/mol. The number of carbonyl (C=O) groups is 2. The maximum Gasteiger partial charge on any atom is 0.284 e. The van der Waals surface area contributed by atoms with Crippen molar-refractivity contribution in [2.45, 2.75) is 30.9 Å². The van der Waals surface area contributed by atoms with E-state index in [1.54, 1.807) is 36.4 Å². The number of nitrogens with one attached hydrogen (secondary N) is 1. The molecule has 0 bridgehead atoms. The number of halogens is 2. The molecule has 5 nitrogen and oxygen atoms in total. The fourth-order valence-corrected chi connectivity index (χ4v) is 3.36. The van der Waals surface area contributed by atoms with E-state index >= 15 is 0 Å². The Morgan fingerprint density at radius 3 is 2.33 bits per heavy atom. The molecule has 1 aliphatic rings. The van der Waals surface area contributed by atoms with E-state index in [1.165, 1.54) is 4.90 Å². The van der Waals surface area contributed by atoms with Crippen molar-refractivity contribution in [3.63, 3.8) is 0 Å². The van der Waals surface area contributed by atoms with Crippen molar-refractivity contribution in [1.82, 2.24) is 10.2 Å². The van der Waals surface area contributed by atoms with Crippen LogP contribution >= 0.6 is 11.8 Å². The van der Waals surface area contributed by atoms with Gasteiger partial charge in [0.1, 0.15) is 11.5 Å². The minimum absolute atomic E-state index is 0.151. The fraction of sp³-hybridized carbons (Fsp3) is 0.368. The lowest BCUT2D eigenvalue weighted by Gasteiger charge is -2.13. The van der Waals surface area contributed by atoms with E-state index in [0.717, 1.165) is 6.42 Å². The number of benzene rings is 1. The Labute approximate surface area is 160 Å². The first-order valence-electron chi connectivity index (χ1n) is 8.69. The van der Waals surface area contributed by atoms with Crippen molar-refractivity contribution in [2.75, 3.05) is 13.1 Å². The number of furan rings is 1. The van der Waals surface area contributed by atoms with Gasteiger partial charge in [-0.1, -0.05) is 23.9 Å². The van der Waals surface area contributed by atoms with E-state index < -0.39 is 5.76 Å². The SMILES string of the molecule is O=C1c2ccccc2C(=O)N1CCCCNCc1ccc(CSC(F)F)o1. The van der Waals surface area contributed by atoms with Gasteiger partial charge in [-0.3, -0.25) is 14.5 Å². The van der Waals surface area contributed by atoms with Crippen LogP contribution in [-0.4, -0.2) is 35.6 Å². The molecule has 27 heavy (non-hydrogen) atoms. The fourth-order valence-electron chi connectivity index (χ4n) is 2.91. The van der Waals surface area contributed by atoms with Crippen LogP contribution in [0.25, 0.3) is 0 Å². The number of nitrogens with zero attached hydrogens (tertiary/aromatic N) is 1. The van der Waals surface area contributed by atoms with Gasteiger partial charge in [-0.25, -0.2) is 0 Å². The Morgan fingerprint density at radius 2 is 1.67 bits per heavy atom. The lowest BCUT2D eigenvalue weighted by molar-refractivity contribution is 0.0651. The number of imide groups is 1. The van der Waals surface area contributed by atoms with E-state index in [9.17, 15) is 18.4 Å². The predicted octanol–water partition coefficient (Wildman–Crippen LogP) is 3.90. The average Bonchev–Trinajstić information content (AvgIpc) is 3.21. The highest BCUT2D eigenvalue weighted by Crippen LogP contribution is 2.23. The first-order valence-corrected chi connectivity index (χ1v) is 9.74. The van der Waals surface area contributed by atoms with Crippen LogP contribution in [0.3, 0.4) is 0 Å². The van der Waals surface area contributed by atoms with Crippen LogP contribution < -0.4 is 5.32 Å². The monoisotopic (exact) mass is 394 g/mol. The highest BCUT2D eigenvalue weighted by atomic mass is 32.2. The number of alkyl halides is 2. The van der Waals surface area contributed by atoms with Crippen molar-refractivity contribution >= 4 is 23.6 Å². The Bertz CT molecular complexity index is 775. The summed E-state index contributed by atoms with van der Waals surface area (Å²) in [4.78, 5) is 25.8. The second kappa shape index (κ2) is 9.14. The summed E-state index contributed by atoms with van der Waals surface area (Å²) in [5.41, 5.74) is 0.943. The molecule has 0 saturated heterocycles. The molecule has 0 fully saturated rings. The zero-order chi connectivity index (χ0) is 19.2. The van der Waals surface area contributed by atoms with Gasteiger partial charge >= 0.3 is 0 Å². The number of fused-ring (bicyclic) bond motifs is 1. The second-order valence-electron chi connectivity index (χ2n) is 6.13. The van der Waals surface area contributed by atoms with Crippen LogP contribution in [0.5, 0.6) is 0 Å². The minimum Gasteiger partial charge on any atom is -0.464 e. The largest absolute Gasteiger partial charge is 0.464 e. The zero-order valence-corrected chi connectivity index (χ0v) is 15.4. The van der Waals surface area contributed by atoms with Crippen LogP contribution in [-0.2, 0) is 12.3 Å². The lowest BCUT2D eigenvalue weighted by atomic mass is 10.1. The van der Waals surface area contributed by atoms with Crippen molar-refractivity contribution in [2.24, 2.45) is 0 Å². The summed E-state index contributed by atoms with van der Waals surface area (Å²) in [5.74, 6) is -1.48. The van der Waals surface area contributed by atoms with Crippen LogP contribution in [0.1, 0.15) is 45.1 Å². The molecule has 8 heteroatoms. The second-order valence-corrected chi connectivity index (χ2v) is 7.11. The quantitative estimate of drug-likeness (QED) is 0.489. The molecule has 2 heterocycles. The summed E-state index contributed by atoms with van der Waals surface area (Å²) >= 11 is 0.533. The topological polar surface area (TPSA) is 62.6 Å². The molecule has 144 valence electrons. The van der Waals surface area contributed by atoms with Gasteiger partial charge in [0, 0.05) is 6.54 Å². The van der Waals surface area contributed by atoms with Crippen LogP contribution in [0, 0.1) is 0 Å². The summed E-state index contributed by atoms with van der Waals surface area (Å²) < 4.78 is 29.8. The maximum atomic E-state index is 12.2. The van der Waals surface area contributed by atoms with Crippen molar-refractivity contribution in [3.05, 3.63) is 59.0 Å². The molecule has 0 spiro atoms. The third-order valence-electron chi connectivity index (χ3n) is 4.23. The molecule has 0 atom stereocenters. The summed E-state index contributed by atoms with van der Waals surface area (Å²) in [7, 11) is 0. The van der Waals surface area contributed by atoms with Gasteiger partial charge in [-0.05, 0) is 43.7 Å². The number of thioether (sulfide) groups is 1. The number of carbonyl (C=O) groups excluding carboxylic acids is 2. The number of rotatable bonds is 10. The summed E-state index contributed by atoms with van der Waals surface area (Å²) in [6.07, 6.45) is 1.50. The molecule has 3 rings (SSSR count). The molecular weight excluding hydrogens is 374 g/mol. The Kier molecular flexibility index (Phi) is 6.63. The highest BCUT2D eigenvalue weighted by molar-refractivity contribution is 7.98. The molecule has 1 aromatic heterocycles. The first-order chi connectivity index (χ1) is 13.1. The maximum absolute atomic E-state index is 12.2. The number of hydrogen-bond acceptors (Lipinski definition) is 5. The van der Waals surface area contributed by atoms with Crippen LogP contribution in [0.4, 0.5) is 8.78 Å². The normalized spacial score (nSPS) is 13.7. The van der Waals surface area contributed by atoms with E-state index in [-0.39, 0.29) is 17.6 Å². The standard InChI is InChI=1S/C19H20F2N2O3S/c20-19(21)27-12-14-8-7-13(26-14)11-22-9-3-4-10-23-17(24)15-5-1-2-6-16(15)18(23)25/h1-2,5-8,19,22H,3-4,9-12H2. The summed E-state index contributed by atoms with van der Waals surface area (Å²) in [6.45, 7) is 1.60. The van der Waals surface area contributed by atoms with Gasteiger partial charge in [0.05, 0.1) is 23.4 Å². The molecule has 0 radical (unpaired) electrons. The third kappa shape index (κ3) is 4.95. The summed E-state index contributed by atoms with van der Waals surface area (Å²) in [6, 6.07) is 10.3. The van der Waals surface area contributed by atoms with E-state index in [4.69, 9.17) is 4.42 Å². The first kappa shape index (κ1) is 19.6. The van der Waals surface area contributed by atoms with Gasteiger partial charge in [0.2, 0.25) is 0 Å².